The van der Waals surface area contributed by atoms with E-state index in [2.05, 4.69) is 26.3 Å². The van der Waals surface area contributed by atoms with E-state index in [1.807, 2.05) is 25.1 Å². The number of nitrogens with zero attached hydrogens (tertiary/aromatic N) is 3. The summed E-state index contributed by atoms with van der Waals surface area (Å²) in [5.41, 5.74) is 1.03. The van der Waals surface area contributed by atoms with Crippen LogP contribution in [0.25, 0.3) is 10.2 Å². The first-order valence-corrected chi connectivity index (χ1v) is 9.29. The fourth-order valence-corrected chi connectivity index (χ4v) is 4.05. The van der Waals surface area contributed by atoms with Crippen molar-refractivity contribution in [2.75, 3.05) is 24.6 Å². The minimum Gasteiger partial charge on any atom is -0.370 e. The average Bonchev–Trinajstić information content (AvgIpc) is 3.05. The van der Waals surface area contributed by atoms with Gasteiger partial charge < -0.3 is 9.64 Å². The van der Waals surface area contributed by atoms with Gasteiger partial charge in [-0.15, -0.1) is 11.3 Å². The van der Waals surface area contributed by atoms with Gasteiger partial charge in [0.2, 0.25) is 0 Å². The van der Waals surface area contributed by atoms with Gasteiger partial charge in [-0.05, 0) is 36.1 Å². The van der Waals surface area contributed by atoms with Crippen molar-refractivity contribution in [3.63, 3.8) is 0 Å². The van der Waals surface area contributed by atoms with Gasteiger partial charge in [-0.1, -0.05) is 29.3 Å². The Bertz CT molecular complexity index is 899. The van der Waals surface area contributed by atoms with Crippen LogP contribution in [0.15, 0.2) is 29.6 Å². The number of morpholine rings is 1. The van der Waals surface area contributed by atoms with Gasteiger partial charge in [-0.2, -0.15) is 0 Å². The number of ether oxygens (including phenoxy) is 1. The molecule has 24 heavy (non-hydrogen) atoms. The van der Waals surface area contributed by atoms with Crippen LogP contribution in [0.2, 0.25) is 10.0 Å². The van der Waals surface area contributed by atoms with Crippen molar-refractivity contribution in [1.82, 2.24) is 9.97 Å². The molecule has 1 aliphatic heterocycles. The molecule has 1 aromatic carbocycles. The highest BCUT2D eigenvalue weighted by Crippen LogP contribution is 2.33. The van der Waals surface area contributed by atoms with E-state index >= 15 is 0 Å². The third-order valence-corrected chi connectivity index (χ3v) is 5.64. The second-order valence-electron chi connectivity index (χ2n) is 5.71. The van der Waals surface area contributed by atoms with E-state index in [9.17, 15) is 0 Å². The maximum Gasteiger partial charge on any atom is 0.141 e. The standard InChI is InChI=1S/C17H15Cl2N3OS/c1-10-20-16(12-4-7-24-17(12)21-10)22-5-6-23-15(9-22)11-2-3-13(18)14(19)8-11/h2-4,7-8,15H,5-6,9H2,1H3/t15-/m1/s1. The Morgan fingerprint density at radius 2 is 2.08 bits per heavy atom. The van der Waals surface area contributed by atoms with E-state index in [-0.39, 0.29) is 6.10 Å². The first kappa shape index (κ1) is 16.1. The minimum absolute atomic E-state index is 0.0579. The summed E-state index contributed by atoms with van der Waals surface area (Å²) in [5.74, 6) is 1.77. The lowest BCUT2D eigenvalue weighted by molar-refractivity contribution is 0.0396. The quantitative estimate of drug-likeness (QED) is 0.635. The number of hydrogen-bond donors (Lipinski definition) is 0. The molecular formula is C17H15Cl2N3OS. The van der Waals surface area contributed by atoms with Gasteiger partial charge in [0, 0.05) is 13.1 Å². The van der Waals surface area contributed by atoms with Crippen LogP contribution in [0, 0.1) is 6.92 Å². The zero-order valence-electron chi connectivity index (χ0n) is 13.0. The number of halogens is 2. The van der Waals surface area contributed by atoms with Gasteiger partial charge in [0.1, 0.15) is 22.6 Å². The van der Waals surface area contributed by atoms with E-state index in [4.69, 9.17) is 27.9 Å². The van der Waals surface area contributed by atoms with E-state index in [0.717, 1.165) is 40.5 Å². The molecule has 4 rings (SSSR count). The molecule has 0 aliphatic carbocycles. The molecule has 0 radical (unpaired) electrons. The Morgan fingerprint density at radius 3 is 2.92 bits per heavy atom. The zero-order valence-corrected chi connectivity index (χ0v) is 15.3. The predicted molar refractivity (Wildman–Crippen MR) is 99.5 cm³/mol. The molecule has 3 heterocycles. The van der Waals surface area contributed by atoms with Crippen LogP contribution in [0.1, 0.15) is 17.5 Å². The van der Waals surface area contributed by atoms with E-state index in [1.54, 1.807) is 11.3 Å². The first-order valence-electron chi connectivity index (χ1n) is 7.65. The maximum atomic E-state index is 6.15. The number of hydrogen-bond acceptors (Lipinski definition) is 5. The molecule has 3 aromatic rings. The van der Waals surface area contributed by atoms with Gasteiger partial charge in [-0.25, -0.2) is 9.97 Å². The van der Waals surface area contributed by atoms with Crippen molar-refractivity contribution < 1.29 is 4.74 Å². The lowest BCUT2D eigenvalue weighted by atomic mass is 10.1. The highest BCUT2D eigenvalue weighted by atomic mass is 35.5. The Labute approximate surface area is 154 Å². The summed E-state index contributed by atoms with van der Waals surface area (Å²) in [6.07, 6.45) is -0.0579. The Kier molecular flexibility index (Phi) is 4.35. The number of anilines is 1. The van der Waals surface area contributed by atoms with Gasteiger partial charge in [0.15, 0.2) is 0 Å². The van der Waals surface area contributed by atoms with Crippen molar-refractivity contribution >= 4 is 50.6 Å². The van der Waals surface area contributed by atoms with Crippen molar-refractivity contribution in [2.45, 2.75) is 13.0 Å². The first-order chi connectivity index (χ1) is 11.6. The molecular weight excluding hydrogens is 365 g/mol. The molecule has 124 valence electrons. The summed E-state index contributed by atoms with van der Waals surface area (Å²) < 4.78 is 5.95. The SMILES string of the molecule is Cc1nc(N2CCO[C@@H](c3ccc(Cl)c(Cl)c3)C2)c2ccsc2n1. The molecule has 0 saturated carbocycles. The van der Waals surface area contributed by atoms with Crippen molar-refractivity contribution in [2.24, 2.45) is 0 Å². The van der Waals surface area contributed by atoms with E-state index in [0.29, 0.717) is 16.7 Å². The van der Waals surface area contributed by atoms with Gasteiger partial charge in [0.05, 0.1) is 22.0 Å². The molecule has 7 heteroatoms. The fourth-order valence-electron chi connectivity index (χ4n) is 2.94. The number of rotatable bonds is 2. The molecule has 0 spiro atoms. The fraction of sp³-hybridized carbons (Fsp3) is 0.294. The van der Waals surface area contributed by atoms with Crippen LogP contribution >= 0.6 is 34.5 Å². The molecule has 1 fully saturated rings. The summed E-state index contributed by atoms with van der Waals surface area (Å²) in [4.78, 5) is 12.5. The molecule has 2 aromatic heterocycles. The minimum atomic E-state index is -0.0579. The summed E-state index contributed by atoms with van der Waals surface area (Å²) in [6.45, 7) is 4.09. The monoisotopic (exact) mass is 379 g/mol. The summed E-state index contributed by atoms with van der Waals surface area (Å²) >= 11 is 13.8. The van der Waals surface area contributed by atoms with Crippen molar-refractivity contribution in [1.29, 1.82) is 0 Å². The maximum absolute atomic E-state index is 6.15. The molecule has 1 atom stereocenters. The average molecular weight is 380 g/mol. The van der Waals surface area contributed by atoms with Crippen molar-refractivity contribution in [3.8, 4) is 0 Å². The van der Waals surface area contributed by atoms with Crippen LogP contribution in [-0.4, -0.2) is 29.7 Å². The third kappa shape index (κ3) is 2.97. The van der Waals surface area contributed by atoms with Gasteiger partial charge >= 0.3 is 0 Å². The van der Waals surface area contributed by atoms with Crippen molar-refractivity contribution in [3.05, 3.63) is 51.1 Å². The number of aryl methyl sites for hydroxylation is 1. The molecule has 1 aliphatic rings. The zero-order chi connectivity index (χ0) is 16.7. The number of aromatic nitrogens is 2. The Morgan fingerprint density at radius 1 is 1.21 bits per heavy atom. The van der Waals surface area contributed by atoms with Crippen LogP contribution in [0.3, 0.4) is 0 Å². The normalized spacial score (nSPS) is 18.3. The van der Waals surface area contributed by atoms with E-state index in [1.165, 1.54) is 0 Å². The predicted octanol–water partition coefficient (Wildman–Crippen LogP) is 4.88. The molecule has 4 nitrogen and oxygen atoms in total. The molecule has 0 bridgehead atoms. The summed E-state index contributed by atoms with van der Waals surface area (Å²) in [6, 6.07) is 7.74. The number of benzene rings is 1. The van der Waals surface area contributed by atoms with Crippen LogP contribution < -0.4 is 4.90 Å². The number of fused-ring (bicyclic) bond motifs is 1. The lowest BCUT2D eigenvalue weighted by Gasteiger charge is -2.34. The molecule has 0 amide bonds. The molecule has 0 unspecified atom stereocenters. The summed E-state index contributed by atoms with van der Waals surface area (Å²) in [5, 5.41) is 4.26. The smallest absolute Gasteiger partial charge is 0.141 e. The topological polar surface area (TPSA) is 38.2 Å². The third-order valence-electron chi connectivity index (χ3n) is 4.10. The van der Waals surface area contributed by atoms with Crippen LogP contribution in [0.5, 0.6) is 0 Å². The van der Waals surface area contributed by atoms with Crippen LogP contribution in [0.4, 0.5) is 5.82 Å². The summed E-state index contributed by atoms with van der Waals surface area (Å²) in [7, 11) is 0. The molecule has 1 saturated heterocycles. The second kappa shape index (κ2) is 6.48. The highest BCUT2D eigenvalue weighted by molar-refractivity contribution is 7.16. The van der Waals surface area contributed by atoms with Gasteiger partial charge in [0.25, 0.3) is 0 Å². The Balaban J connectivity index is 1.67. The van der Waals surface area contributed by atoms with Gasteiger partial charge in [-0.3, -0.25) is 0 Å². The number of thiophene rings is 1. The second-order valence-corrected chi connectivity index (χ2v) is 7.42. The molecule has 0 N–H and O–H groups in total. The lowest BCUT2D eigenvalue weighted by Crippen LogP contribution is -2.39. The largest absolute Gasteiger partial charge is 0.370 e. The van der Waals surface area contributed by atoms with E-state index < -0.39 is 0 Å². The highest BCUT2D eigenvalue weighted by Gasteiger charge is 2.25. The Hall–Kier alpha value is -1.40. The van der Waals surface area contributed by atoms with Crippen LogP contribution in [-0.2, 0) is 4.74 Å².